The Morgan fingerprint density at radius 3 is 2.69 bits per heavy atom. The maximum Gasteiger partial charge on any atom is 0.306 e. The van der Waals surface area contributed by atoms with Gasteiger partial charge in [-0.3, -0.25) is 4.79 Å². The lowest BCUT2D eigenvalue weighted by Crippen LogP contribution is -2.30. The number of aryl methyl sites for hydroxylation is 3. The average Bonchev–Trinajstić information content (AvgIpc) is 3.61. The molecule has 222 valence electrons. The zero-order valence-electron chi connectivity index (χ0n) is 25.8. The predicted molar refractivity (Wildman–Crippen MR) is 168 cm³/mol. The highest BCUT2D eigenvalue weighted by Crippen LogP contribution is 2.29. The first kappa shape index (κ1) is 29.9. The number of carbonyl (C=O) groups is 1. The summed E-state index contributed by atoms with van der Waals surface area (Å²) in [6, 6.07) is 19.0. The van der Waals surface area contributed by atoms with E-state index in [1.165, 1.54) is 5.69 Å². The molecule has 1 unspecified atom stereocenters. The lowest BCUT2D eigenvalue weighted by atomic mass is 9.94. The molecule has 1 fully saturated rings. The number of hydrogen-bond acceptors (Lipinski definition) is 6. The molecule has 1 aromatic carbocycles. The Balaban J connectivity index is 1.29. The maximum atomic E-state index is 13.1. The fraction of sp³-hybridized carbons (Fsp3) is 0.486. The standard InChI is InChI=1S/C35H45N5O2/c1-6-29-22-31(7-2)40(38-29)32-12-8-10-27(20-32)28(21-33(41)42-35(3,4)5)24-39-19-17-25(23-39)13-15-30-16-14-26-11-9-18-36-34(26)37-30/h8-12,14,16,18,20,22,25,28H,6-7,13,15,17,19,21,23-24H2,1-5H3/t25-,28?/m1/s1. The normalized spacial score (nSPS) is 16.6. The van der Waals surface area contributed by atoms with Crippen LogP contribution in [0.15, 0.2) is 60.8 Å². The van der Waals surface area contributed by atoms with Gasteiger partial charge in [-0.1, -0.05) is 26.0 Å². The number of fused-ring (bicyclic) bond motifs is 1. The Morgan fingerprint density at radius 2 is 1.90 bits per heavy atom. The number of hydrogen-bond donors (Lipinski definition) is 0. The number of pyridine rings is 2. The number of ether oxygens (including phenoxy) is 1. The monoisotopic (exact) mass is 567 g/mol. The molecule has 0 bridgehead atoms. The Labute approximate surface area is 250 Å². The molecule has 1 aliphatic heterocycles. The topological polar surface area (TPSA) is 73.1 Å². The molecule has 3 aromatic heterocycles. The van der Waals surface area contributed by atoms with Gasteiger partial charge in [0.1, 0.15) is 5.60 Å². The zero-order valence-corrected chi connectivity index (χ0v) is 25.8. The van der Waals surface area contributed by atoms with Crippen molar-refractivity contribution in [3.63, 3.8) is 0 Å². The molecule has 4 heterocycles. The van der Waals surface area contributed by atoms with Crippen molar-refractivity contribution in [3.8, 4) is 5.69 Å². The van der Waals surface area contributed by atoms with E-state index in [4.69, 9.17) is 14.8 Å². The smallest absolute Gasteiger partial charge is 0.306 e. The van der Waals surface area contributed by atoms with Crippen molar-refractivity contribution in [2.45, 2.75) is 84.7 Å². The average molecular weight is 568 g/mol. The largest absolute Gasteiger partial charge is 0.460 e. The van der Waals surface area contributed by atoms with Crippen molar-refractivity contribution in [3.05, 3.63) is 83.4 Å². The third-order valence-electron chi connectivity index (χ3n) is 8.16. The molecular weight excluding hydrogens is 522 g/mol. The summed E-state index contributed by atoms with van der Waals surface area (Å²) >= 11 is 0. The van der Waals surface area contributed by atoms with Crippen molar-refractivity contribution >= 4 is 17.0 Å². The SMILES string of the molecule is CCc1cc(CC)n(-c2cccc(C(CC(=O)OC(C)(C)C)CN3CC[C@@H](CCc4ccc5cccnc5n4)C3)c2)n1. The van der Waals surface area contributed by atoms with Crippen molar-refractivity contribution in [1.29, 1.82) is 0 Å². The van der Waals surface area contributed by atoms with Crippen molar-refractivity contribution in [2.75, 3.05) is 19.6 Å². The second-order valence-electron chi connectivity index (χ2n) is 12.6. The summed E-state index contributed by atoms with van der Waals surface area (Å²) in [5.74, 6) is 0.507. The lowest BCUT2D eigenvalue weighted by Gasteiger charge is -2.26. The van der Waals surface area contributed by atoms with Gasteiger partial charge in [0.25, 0.3) is 0 Å². The van der Waals surface area contributed by atoms with E-state index in [0.29, 0.717) is 12.3 Å². The Kier molecular flexibility index (Phi) is 9.37. The van der Waals surface area contributed by atoms with Gasteiger partial charge >= 0.3 is 5.97 Å². The van der Waals surface area contributed by atoms with Gasteiger partial charge in [0.15, 0.2) is 5.65 Å². The van der Waals surface area contributed by atoms with Crippen LogP contribution in [0.2, 0.25) is 0 Å². The minimum atomic E-state index is -0.504. The lowest BCUT2D eigenvalue weighted by molar-refractivity contribution is -0.155. The molecule has 0 aliphatic carbocycles. The minimum Gasteiger partial charge on any atom is -0.460 e. The highest BCUT2D eigenvalue weighted by Gasteiger charge is 2.28. The van der Waals surface area contributed by atoms with Crippen molar-refractivity contribution in [2.24, 2.45) is 5.92 Å². The number of likely N-dealkylation sites (tertiary alicyclic amines) is 1. The molecule has 2 atom stereocenters. The quantitative estimate of drug-likeness (QED) is 0.188. The van der Waals surface area contributed by atoms with Crippen LogP contribution >= 0.6 is 0 Å². The molecule has 5 rings (SSSR count). The molecule has 4 aromatic rings. The van der Waals surface area contributed by atoms with E-state index in [9.17, 15) is 4.79 Å². The molecule has 7 nitrogen and oxygen atoms in total. The van der Waals surface area contributed by atoms with Crippen LogP contribution in [0.4, 0.5) is 0 Å². The summed E-state index contributed by atoms with van der Waals surface area (Å²) in [4.78, 5) is 24.8. The molecule has 7 heteroatoms. The first-order chi connectivity index (χ1) is 20.2. The molecular formula is C35H45N5O2. The van der Waals surface area contributed by atoms with E-state index >= 15 is 0 Å². The number of rotatable bonds is 11. The first-order valence-corrected chi connectivity index (χ1v) is 15.5. The number of nitrogens with zero attached hydrogens (tertiary/aromatic N) is 5. The highest BCUT2D eigenvalue weighted by atomic mass is 16.6. The van der Waals surface area contributed by atoms with Crippen LogP contribution in [0.25, 0.3) is 16.7 Å². The van der Waals surface area contributed by atoms with Crippen LogP contribution in [0.3, 0.4) is 0 Å². The van der Waals surface area contributed by atoms with Crippen LogP contribution < -0.4 is 0 Å². The summed E-state index contributed by atoms with van der Waals surface area (Å²) in [6.07, 6.45) is 7.21. The van der Waals surface area contributed by atoms with E-state index in [1.54, 1.807) is 6.20 Å². The Hall–Kier alpha value is -3.58. The van der Waals surface area contributed by atoms with Crippen LogP contribution in [0, 0.1) is 5.92 Å². The van der Waals surface area contributed by atoms with Crippen LogP contribution in [-0.2, 0) is 28.8 Å². The van der Waals surface area contributed by atoms with Gasteiger partial charge < -0.3 is 9.64 Å². The third kappa shape index (κ3) is 7.62. The van der Waals surface area contributed by atoms with E-state index in [2.05, 4.69) is 76.9 Å². The second kappa shape index (κ2) is 13.2. The second-order valence-corrected chi connectivity index (χ2v) is 12.6. The Bertz CT molecular complexity index is 1500. The molecule has 1 saturated heterocycles. The molecule has 42 heavy (non-hydrogen) atoms. The van der Waals surface area contributed by atoms with Gasteiger partial charge in [0.05, 0.1) is 17.8 Å². The van der Waals surface area contributed by atoms with Crippen molar-refractivity contribution in [1.82, 2.24) is 24.6 Å². The van der Waals surface area contributed by atoms with E-state index in [-0.39, 0.29) is 11.9 Å². The molecule has 1 aliphatic rings. The van der Waals surface area contributed by atoms with Gasteiger partial charge in [-0.25, -0.2) is 14.6 Å². The van der Waals surface area contributed by atoms with E-state index in [1.807, 2.05) is 26.8 Å². The summed E-state index contributed by atoms with van der Waals surface area (Å²) < 4.78 is 7.84. The van der Waals surface area contributed by atoms with Gasteiger partial charge in [-0.05, 0) is 113 Å². The van der Waals surface area contributed by atoms with E-state index in [0.717, 1.165) is 85.4 Å². The van der Waals surface area contributed by atoms with Crippen LogP contribution in [0.1, 0.15) is 82.4 Å². The van der Waals surface area contributed by atoms with Crippen LogP contribution in [-0.4, -0.2) is 55.9 Å². The predicted octanol–water partition coefficient (Wildman–Crippen LogP) is 6.71. The molecule has 0 spiro atoms. The van der Waals surface area contributed by atoms with Crippen LogP contribution in [0.5, 0.6) is 0 Å². The highest BCUT2D eigenvalue weighted by molar-refractivity contribution is 5.74. The fourth-order valence-corrected chi connectivity index (χ4v) is 6.02. The maximum absolute atomic E-state index is 13.1. The van der Waals surface area contributed by atoms with Gasteiger partial charge in [0.2, 0.25) is 0 Å². The zero-order chi connectivity index (χ0) is 29.7. The summed E-state index contributed by atoms with van der Waals surface area (Å²) in [5.41, 5.74) is 5.93. The molecule has 0 amide bonds. The first-order valence-electron chi connectivity index (χ1n) is 15.5. The molecule has 0 radical (unpaired) electrons. The van der Waals surface area contributed by atoms with E-state index < -0.39 is 5.60 Å². The Morgan fingerprint density at radius 1 is 1.05 bits per heavy atom. The fourth-order valence-electron chi connectivity index (χ4n) is 6.02. The van der Waals surface area contributed by atoms with Gasteiger partial charge in [-0.15, -0.1) is 0 Å². The summed E-state index contributed by atoms with van der Waals surface area (Å²) in [6.45, 7) is 13.0. The van der Waals surface area contributed by atoms with Gasteiger partial charge in [-0.2, -0.15) is 5.10 Å². The molecule has 0 saturated carbocycles. The number of aromatic nitrogens is 4. The number of benzene rings is 1. The summed E-state index contributed by atoms with van der Waals surface area (Å²) in [5, 5.41) is 5.94. The number of esters is 1. The van der Waals surface area contributed by atoms with Gasteiger partial charge in [0, 0.05) is 42.0 Å². The minimum absolute atomic E-state index is 0.0399. The molecule has 0 N–H and O–H groups in total. The third-order valence-corrected chi connectivity index (χ3v) is 8.16. The van der Waals surface area contributed by atoms with Crippen molar-refractivity contribution < 1.29 is 9.53 Å². The summed E-state index contributed by atoms with van der Waals surface area (Å²) in [7, 11) is 0. The number of carbonyl (C=O) groups excluding carboxylic acids is 1.